The van der Waals surface area contributed by atoms with E-state index in [-0.39, 0.29) is 29.5 Å². The zero-order chi connectivity index (χ0) is 26.3. The summed E-state index contributed by atoms with van der Waals surface area (Å²) in [6.07, 6.45) is 2.98. The van der Waals surface area contributed by atoms with Gasteiger partial charge in [0.2, 0.25) is 11.8 Å². The predicted octanol–water partition coefficient (Wildman–Crippen LogP) is 4.59. The van der Waals surface area contributed by atoms with Crippen molar-refractivity contribution in [2.45, 2.75) is 104 Å². The molecule has 2 atom stereocenters. The molecule has 1 aromatic carbocycles. The molecule has 0 bridgehead atoms. The van der Waals surface area contributed by atoms with Crippen LogP contribution in [0.3, 0.4) is 0 Å². The second kappa shape index (κ2) is 12.3. The number of rotatable bonds is 11. The lowest BCUT2D eigenvalue weighted by Crippen LogP contribution is -2.54. The summed E-state index contributed by atoms with van der Waals surface area (Å²) in [6.45, 7) is 13.5. The molecule has 1 aliphatic rings. The fourth-order valence-electron chi connectivity index (χ4n) is 4.00. The molecule has 0 aliphatic heterocycles. The van der Waals surface area contributed by atoms with Gasteiger partial charge in [0.05, 0.1) is 0 Å². The fraction of sp³-hybridized carbons (Fsp3) is 0.667. The van der Waals surface area contributed by atoms with Crippen LogP contribution in [0.1, 0.15) is 90.8 Å². The van der Waals surface area contributed by atoms with Gasteiger partial charge in [-0.05, 0) is 64.9 Å². The number of carbonyl (C=O) groups is 3. The maximum atomic E-state index is 14.0. The molecule has 0 spiro atoms. The number of ether oxygens (including phenoxy) is 1. The molecule has 1 saturated carbocycles. The van der Waals surface area contributed by atoms with Crippen molar-refractivity contribution in [3.8, 4) is 5.75 Å². The van der Waals surface area contributed by atoms with Crippen LogP contribution in [-0.2, 0) is 14.3 Å². The van der Waals surface area contributed by atoms with Crippen LogP contribution in [0.4, 0.5) is 4.79 Å². The van der Waals surface area contributed by atoms with Crippen LogP contribution >= 0.6 is 0 Å². The van der Waals surface area contributed by atoms with E-state index in [1.54, 1.807) is 50.8 Å². The largest absolute Gasteiger partial charge is 0.507 e. The molecule has 35 heavy (non-hydrogen) atoms. The Labute approximate surface area is 209 Å². The van der Waals surface area contributed by atoms with E-state index in [0.717, 1.165) is 25.7 Å². The van der Waals surface area contributed by atoms with Crippen molar-refractivity contribution in [2.75, 3.05) is 6.54 Å². The number of aromatic hydroxyl groups is 1. The number of para-hydroxylation sites is 1. The molecule has 0 heterocycles. The van der Waals surface area contributed by atoms with E-state index in [4.69, 9.17) is 4.74 Å². The summed E-state index contributed by atoms with van der Waals surface area (Å²) in [6, 6.07) is 3.23. The number of nitrogens with zero attached hydrogens (tertiary/aromatic N) is 1. The van der Waals surface area contributed by atoms with Crippen molar-refractivity contribution < 1.29 is 24.2 Å². The standard InChI is InChI=1S/C27H43N3O5/c1-8-9-15-28-24(32)22(20-12-10-11-18(4)23(20)31)30(19-13-14-19)25(33)21(16-17(2)3)29-26(34)35-27(5,6)7/h10-12,17,19,21-22,31H,8-9,13-16H2,1-7H3,(H,28,32)(H,29,34). The molecule has 1 aliphatic carbocycles. The highest BCUT2D eigenvalue weighted by molar-refractivity contribution is 5.93. The molecule has 0 aromatic heterocycles. The van der Waals surface area contributed by atoms with Crippen molar-refractivity contribution in [3.05, 3.63) is 29.3 Å². The number of phenolic OH excluding ortho intramolecular Hbond substituents is 1. The van der Waals surface area contributed by atoms with E-state index in [9.17, 15) is 19.5 Å². The maximum absolute atomic E-state index is 14.0. The summed E-state index contributed by atoms with van der Waals surface area (Å²) in [7, 11) is 0. The summed E-state index contributed by atoms with van der Waals surface area (Å²) in [5, 5.41) is 16.6. The molecular formula is C27H43N3O5. The lowest BCUT2D eigenvalue weighted by atomic mass is 9.97. The molecule has 0 radical (unpaired) electrons. The van der Waals surface area contributed by atoms with Crippen LogP contribution in [-0.4, -0.2) is 52.1 Å². The van der Waals surface area contributed by atoms with Gasteiger partial charge in [0.15, 0.2) is 0 Å². The van der Waals surface area contributed by atoms with Crippen LogP contribution in [0.5, 0.6) is 5.75 Å². The van der Waals surface area contributed by atoms with Gasteiger partial charge in [0.25, 0.3) is 0 Å². The Morgan fingerprint density at radius 2 is 1.86 bits per heavy atom. The highest BCUT2D eigenvalue weighted by Gasteiger charge is 2.45. The number of nitrogens with one attached hydrogen (secondary N) is 2. The Balaban J connectivity index is 2.46. The summed E-state index contributed by atoms with van der Waals surface area (Å²) < 4.78 is 5.41. The number of unbranched alkanes of at least 4 members (excludes halogenated alkanes) is 1. The van der Waals surface area contributed by atoms with Crippen molar-refractivity contribution in [2.24, 2.45) is 5.92 Å². The molecule has 3 N–H and O–H groups in total. The minimum Gasteiger partial charge on any atom is -0.507 e. The first-order valence-electron chi connectivity index (χ1n) is 12.7. The Bertz CT molecular complexity index is 889. The minimum atomic E-state index is -0.998. The predicted molar refractivity (Wildman–Crippen MR) is 136 cm³/mol. The number of alkyl carbamates (subject to hydrolysis) is 1. The summed E-state index contributed by atoms with van der Waals surface area (Å²) >= 11 is 0. The highest BCUT2D eigenvalue weighted by Crippen LogP contribution is 2.39. The summed E-state index contributed by atoms with van der Waals surface area (Å²) in [5.74, 6) is -0.560. The quantitative estimate of drug-likeness (QED) is 0.394. The second-order valence-electron chi connectivity index (χ2n) is 10.9. The minimum absolute atomic E-state index is 0.00195. The lowest BCUT2D eigenvalue weighted by molar-refractivity contribution is -0.143. The zero-order valence-electron chi connectivity index (χ0n) is 22.3. The Morgan fingerprint density at radius 3 is 2.40 bits per heavy atom. The van der Waals surface area contributed by atoms with Gasteiger partial charge in [0, 0.05) is 18.2 Å². The normalized spacial score (nSPS) is 15.3. The topological polar surface area (TPSA) is 108 Å². The Hall–Kier alpha value is -2.77. The Kier molecular flexibility index (Phi) is 9.98. The molecule has 1 fully saturated rings. The van der Waals surface area contributed by atoms with Crippen LogP contribution in [0.2, 0.25) is 0 Å². The van der Waals surface area contributed by atoms with Crippen LogP contribution < -0.4 is 10.6 Å². The number of phenols is 1. The average molecular weight is 490 g/mol. The molecule has 2 rings (SSSR count). The lowest BCUT2D eigenvalue weighted by Gasteiger charge is -2.35. The Morgan fingerprint density at radius 1 is 1.20 bits per heavy atom. The van der Waals surface area contributed by atoms with Gasteiger partial charge in [-0.15, -0.1) is 0 Å². The van der Waals surface area contributed by atoms with Gasteiger partial charge in [-0.25, -0.2) is 4.79 Å². The van der Waals surface area contributed by atoms with E-state index in [2.05, 4.69) is 10.6 Å². The third-order valence-electron chi connectivity index (χ3n) is 5.81. The highest BCUT2D eigenvalue weighted by atomic mass is 16.6. The first-order valence-corrected chi connectivity index (χ1v) is 12.7. The van der Waals surface area contributed by atoms with E-state index >= 15 is 0 Å². The third kappa shape index (κ3) is 8.44. The third-order valence-corrected chi connectivity index (χ3v) is 5.81. The molecule has 0 saturated heterocycles. The van der Waals surface area contributed by atoms with Gasteiger partial charge in [-0.3, -0.25) is 9.59 Å². The zero-order valence-corrected chi connectivity index (χ0v) is 22.3. The van der Waals surface area contributed by atoms with Crippen LogP contribution in [0.15, 0.2) is 18.2 Å². The average Bonchev–Trinajstić information content (AvgIpc) is 3.57. The molecular weight excluding hydrogens is 446 g/mol. The first-order chi connectivity index (χ1) is 16.4. The van der Waals surface area contributed by atoms with Crippen molar-refractivity contribution in [1.29, 1.82) is 0 Å². The summed E-state index contributed by atoms with van der Waals surface area (Å²) in [5.41, 5.74) is 0.309. The SMILES string of the molecule is CCCCNC(=O)C(c1cccc(C)c1O)N(C(=O)C(CC(C)C)NC(=O)OC(C)(C)C)C1CC1. The number of hydrogen-bond acceptors (Lipinski definition) is 5. The smallest absolute Gasteiger partial charge is 0.408 e. The van der Waals surface area contributed by atoms with Crippen molar-refractivity contribution >= 4 is 17.9 Å². The number of hydrogen-bond donors (Lipinski definition) is 3. The van der Waals surface area contributed by atoms with Crippen molar-refractivity contribution in [1.82, 2.24) is 15.5 Å². The van der Waals surface area contributed by atoms with E-state index in [0.29, 0.717) is 24.1 Å². The van der Waals surface area contributed by atoms with Crippen LogP contribution in [0, 0.1) is 12.8 Å². The van der Waals surface area contributed by atoms with Gasteiger partial charge >= 0.3 is 6.09 Å². The molecule has 8 heteroatoms. The first kappa shape index (κ1) is 28.5. The number of amides is 3. The van der Waals surface area contributed by atoms with Gasteiger partial charge in [-0.2, -0.15) is 0 Å². The number of carbonyl (C=O) groups excluding carboxylic acids is 3. The number of aryl methyl sites for hydroxylation is 1. The van der Waals surface area contributed by atoms with E-state index in [1.165, 1.54) is 0 Å². The van der Waals surface area contributed by atoms with Gasteiger partial charge in [0.1, 0.15) is 23.4 Å². The molecule has 1 aromatic rings. The second-order valence-corrected chi connectivity index (χ2v) is 10.9. The monoisotopic (exact) mass is 489 g/mol. The van der Waals surface area contributed by atoms with Gasteiger partial charge < -0.3 is 25.4 Å². The van der Waals surface area contributed by atoms with E-state index in [1.807, 2.05) is 20.8 Å². The fourth-order valence-corrected chi connectivity index (χ4v) is 4.00. The van der Waals surface area contributed by atoms with E-state index < -0.39 is 23.8 Å². The van der Waals surface area contributed by atoms with Crippen molar-refractivity contribution in [3.63, 3.8) is 0 Å². The maximum Gasteiger partial charge on any atom is 0.408 e. The molecule has 3 amide bonds. The summed E-state index contributed by atoms with van der Waals surface area (Å²) in [4.78, 5) is 41.6. The van der Waals surface area contributed by atoms with Crippen LogP contribution in [0.25, 0.3) is 0 Å². The molecule has 2 unspecified atom stereocenters. The molecule has 8 nitrogen and oxygen atoms in total. The molecule has 196 valence electrons. The number of benzene rings is 1. The van der Waals surface area contributed by atoms with Gasteiger partial charge in [-0.1, -0.05) is 45.4 Å².